The average Bonchev–Trinajstić information content (AvgIpc) is 2.46. The van der Waals surface area contributed by atoms with Crippen molar-refractivity contribution < 1.29 is 13.9 Å². The molecule has 0 aromatic heterocycles. The molecule has 2 atom stereocenters. The lowest BCUT2D eigenvalue weighted by atomic mass is 9.95. The summed E-state index contributed by atoms with van der Waals surface area (Å²) in [5, 5.41) is 0. The number of carbonyl (C=O) groups excluding carboxylic acids is 1. The number of hydrogen-bond acceptors (Lipinski definition) is 3. The topological polar surface area (TPSA) is 55.6 Å². The number of benzene rings is 1. The van der Waals surface area contributed by atoms with E-state index in [4.69, 9.17) is 10.5 Å². The van der Waals surface area contributed by atoms with Crippen LogP contribution in [0.5, 0.6) is 0 Å². The van der Waals surface area contributed by atoms with Crippen LogP contribution in [0.4, 0.5) is 4.39 Å². The van der Waals surface area contributed by atoms with Crippen molar-refractivity contribution in [1.29, 1.82) is 0 Å². The fraction of sp³-hybridized carbons (Fsp3) is 0.562. The van der Waals surface area contributed by atoms with E-state index in [1.165, 1.54) is 12.1 Å². The van der Waals surface area contributed by atoms with Crippen LogP contribution >= 0.6 is 0 Å². The Kier molecular flexibility index (Phi) is 4.96. The van der Waals surface area contributed by atoms with Crippen LogP contribution < -0.4 is 5.73 Å². The van der Waals surface area contributed by atoms with Crippen LogP contribution in [-0.2, 0) is 9.53 Å². The van der Waals surface area contributed by atoms with Crippen LogP contribution in [0.25, 0.3) is 0 Å². The first kappa shape index (κ1) is 15.9. The number of amides is 1. The zero-order chi connectivity index (χ0) is 15.5. The van der Waals surface area contributed by atoms with Gasteiger partial charge in [-0.15, -0.1) is 0 Å². The first-order valence-corrected chi connectivity index (χ1v) is 7.39. The van der Waals surface area contributed by atoms with Gasteiger partial charge in [0.2, 0.25) is 5.91 Å². The van der Waals surface area contributed by atoms with Gasteiger partial charge in [-0.2, -0.15) is 0 Å². The van der Waals surface area contributed by atoms with Crippen molar-refractivity contribution in [2.75, 3.05) is 19.7 Å². The molecule has 2 N–H and O–H groups in total. The second-order valence-corrected chi connectivity index (χ2v) is 5.83. The van der Waals surface area contributed by atoms with Crippen molar-refractivity contribution >= 4 is 5.91 Å². The number of carbonyl (C=O) groups is 1. The molecule has 1 aliphatic rings. The van der Waals surface area contributed by atoms with Crippen LogP contribution in [-0.4, -0.2) is 36.0 Å². The Balaban J connectivity index is 2.09. The van der Waals surface area contributed by atoms with E-state index in [9.17, 15) is 9.18 Å². The molecule has 0 radical (unpaired) electrons. The first-order valence-electron chi connectivity index (χ1n) is 7.39. The lowest BCUT2D eigenvalue weighted by molar-refractivity contribution is -0.144. The minimum Gasteiger partial charge on any atom is -0.370 e. The van der Waals surface area contributed by atoms with E-state index in [0.717, 1.165) is 12.0 Å². The minimum atomic E-state index is -0.849. The molecule has 0 saturated carbocycles. The highest BCUT2D eigenvalue weighted by molar-refractivity contribution is 5.85. The molecular weight excluding hydrogens is 271 g/mol. The largest absolute Gasteiger partial charge is 0.370 e. The Morgan fingerprint density at radius 2 is 2.33 bits per heavy atom. The van der Waals surface area contributed by atoms with Gasteiger partial charge in [0.25, 0.3) is 0 Å². The second-order valence-electron chi connectivity index (χ2n) is 5.83. The number of nitrogens with zero attached hydrogens (tertiary/aromatic N) is 1. The van der Waals surface area contributed by atoms with Crippen LogP contribution in [0.15, 0.2) is 24.3 Å². The fourth-order valence-electron chi connectivity index (χ4n) is 2.73. The highest BCUT2D eigenvalue weighted by atomic mass is 19.1. The van der Waals surface area contributed by atoms with Gasteiger partial charge in [0.1, 0.15) is 11.9 Å². The maximum absolute atomic E-state index is 13.3. The molecule has 116 valence electrons. The zero-order valence-corrected chi connectivity index (χ0v) is 12.6. The predicted octanol–water partition coefficient (Wildman–Crippen LogP) is 2.24. The van der Waals surface area contributed by atoms with Crippen molar-refractivity contribution in [3.05, 3.63) is 35.6 Å². The molecule has 1 aromatic carbocycles. The van der Waals surface area contributed by atoms with Crippen LogP contribution in [0.3, 0.4) is 0 Å². The normalized spacial score (nSPS) is 21.9. The van der Waals surface area contributed by atoms with E-state index >= 15 is 0 Å². The molecule has 2 rings (SSSR count). The van der Waals surface area contributed by atoms with Gasteiger partial charge in [0.05, 0.1) is 18.7 Å². The maximum atomic E-state index is 13.3. The van der Waals surface area contributed by atoms with Crippen LogP contribution in [0, 0.1) is 5.82 Å². The quantitative estimate of drug-likeness (QED) is 0.926. The maximum Gasteiger partial charge on any atom is 0.242 e. The second kappa shape index (κ2) is 6.54. The molecule has 1 aliphatic heterocycles. The van der Waals surface area contributed by atoms with Gasteiger partial charge in [-0.3, -0.25) is 4.79 Å². The Morgan fingerprint density at radius 3 is 3.00 bits per heavy atom. The molecule has 1 aromatic rings. The molecule has 1 fully saturated rings. The SMILES string of the molecule is CCCC(C)(N)C(=O)N1CCOC(c2cccc(F)c2)C1. The van der Waals surface area contributed by atoms with E-state index in [-0.39, 0.29) is 17.8 Å². The van der Waals surface area contributed by atoms with Crippen molar-refractivity contribution in [2.45, 2.75) is 38.3 Å². The molecule has 21 heavy (non-hydrogen) atoms. The summed E-state index contributed by atoms with van der Waals surface area (Å²) >= 11 is 0. The molecule has 1 heterocycles. The molecule has 1 saturated heterocycles. The smallest absolute Gasteiger partial charge is 0.242 e. The molecular formula is C16H23FN2O2. The van der Waals surface area contributed by atoms with Crippen molar-refractivity contribution in [2.24, 2.45) is 5.73 Å². The highest BCUT2D eigenvalue weighted by Gasteiger charge is 2.35. The van der Waals surface area contributed by atoms with Crippen LogP contribution in [0.2, 0.25) is 0 Å². The highest BCUT2D eigenvalue weighted by Crippen LogP contribution is 2.24. The number of rotatable bonds is 4. The van der Waals surface area contributed by atoms with E-state index in [1.807, 2.05) is 13.0 Å². The monoisotopic (exact) mass is 294 g/mol. The number of morpholine rings is 1. The Bertz CT molecular complexity index is 505. The fourth-order valence-corrected chi connectivity index (χ4v) is 2.73. The third-order valence-electron chi connectivity index (χ3n) is 3.83. The molecule has 0 aliphatic carbocycles. The zero-order valence-electron chi connectivity index (χ0n) is 12.6. The summed E-state index contributed by atoms with van der Waals surface area (Å²) in [6.45, 7) is 5.16. The lowest BCUT2D eigenvalue weighted by Gasteiger charge is -2.37. The molecule has 2 unspecified atom stereocenters. The van der Waals surface area contributed by atoms with E-state index in [0.29, 0.717) is 26.1 Å². The summed E-state index contributed by atoms with van der Waals surface area (Å²) in [7, 11) is 0. The third kappa shape index (κ3) is 3.80. The van der Waals surface area contributed by atoms with Gasteiger partial charge in [-0.05, 0) is 31.0 Å². The molecule has 5 heteroatoms. The Labute approximate surface area is 125 Å². The molecule has 0 spiro atoms. The minimum absolute atomic E-state index is 0.0611. The molecule has 1 amide bonds. The van der Waals surface area contributed by atoms with E-state index < -0.39 is 5.54 Å². The van der Waals surface area contributed by atoms with Crippen molar-refractivity contribution in [1.82, 2.24) is 4.90 Å². The number of ether oxygens (including phenoxy) is 1. The van der Waals surface area contributed by atoms with Crippen molar-refractivity contribution in [3.63, 3.8) is 0 Å². The molecule has 0 bridgehead atoms. The van der Waals surface area contributed by atoms with Gasteiger partial charge in [-0.25, -0.2) is 4.39 Å². The Morgan fingerprint density at radius 1 is 1.57 bits per heavy atom. The third-order valence-corrected chi connectivity index (χ3v) is 3.83. The number of hydrogen-bond donors (Lipinski definition) is 1. The van der Waals surface area contributed by atoms with Gasteiger partial charge < -0.3 is 15.4 Å². The van der Waals surface area contributed by atoms with Gasteiger partial charge in [0.15, 0.2) is 0 Å². The predicted molar refractivity (Wildman–Crippen MR) is 79.2 cm³/mol. The Hall–Kier alpha value is -1.46. The van der Waals surface area contributed by atoms with Crippen molar-refractivity contribution in [3.8, 4) is 0 Å². The van der Waals surface area contributed by atoms with Gasteiger partial charge in [0, 0.05) is 6.54 Å². The summed E-state index contributed by atoms with van der Waals surface area (Å²) in [6.07, 6.45) is 1.21. The van der Waals surface area contributed by atoms with E-state index in [2.05, 4.69) is 0 Å². The summed E-state index contributed by atoms with van der Waals surface area (Å²) < 4.78 is 19.0. The summed E-state index contributed by atoms with van der Waals surface area (Å²) in [5.41, 5.74) is 6.02. The lowest BCUT2D eigenvalue weighted by Crippen LogP contribution is -2.56. The van der Waals surface area contributed by atoms with E-state index in [1.54, 1.807) is 17.9 Å². The van der Waals surface area contributed by atoms with Crippen LogP contribution in [0.1, 0.15) is 38.4 Å². The summed E-state index contributed by atoms with van der Waals surface area (Å²) in [6, 6.07) is 6.31. The molecule has 4 nitrogen and oxygen atoms in total. The summed E-state index contributed by atoms with van der Waals surface area (Å²) in [4.78, 5) is 14.3. The standard InChI is InChI=1S/C16H23FN2O2/c1-3-7-16(2,18)15(20)19-8-9-21-14(11-19)12-5-4-6-13(17)10-12/h4-6,10,14H,3,7-9,11,18H2,1-2H3. The number of halogens is 1. The average molecular weight is 294 g/mol. The van der Waals surface area contributed by atoms with Gasteiger partial charge >= 0.3 is 0 Å². The number of nitrogens with two attached hydrogens (primary N) is 1. The van der Waals surface area contributed by atoms with Gasteiger partial charge in [-0.1, -0.05) is 25.5 Å². The summed E-state index contributed by atoms with van der Waals surface area (Å²) in [5.74, 6) is -0.358. The first-order chi connectivity index (χ1) is 9.94.